The maximum atomic E-state index is 11.1. The van der Waals surface area contributed by atoms with Crippen molar-refractivity contribution in [2.75, 3.05) is 13.7 Å². The molecule has 5 nitrogen and oxygen atoms in total. The van der Waals surface area contributed by atoms with Crippen LogP contribution < -0.4 is 10.5 Å². The first-order valence-electron chi connectivity index (χ1n) is 4.57. The zero-order chi connectivity index (χ0) is 11.3. The molecular weight excluding hydrogens is 196 g/mol. The molecule has 0 aliphatic heterocycles. The topological polar surface area (TPSA) is 74.4 Å². The van der Waals surface area contributed by atoms with E-state index in [9.17, 15) is 4.79 Å². The van der Waals surface area contributed by atoms with Crippen molar-refractivity contribution in [2.24, 2.45) is 5.73 Å². The van der Waals surface area contributed by atoms with E-state index in [1.807, 2.05) is 6.92 Å². The second kappa shape index (κ2) is 5.31. The minimum atomic E-state index is -0.485. The summed E-state index contributed by atoms with van der Waals surface area (Å²) in [5, 5.41) is 0. The van der Waals surface area contributed by atoms with Crippen LogP contribution in [0.1, 0.15) is 17.4 Å². The summed E-state index contributed by atoms with van der Waals surface area (Å²) in [7, 11) is 1.31. The van der Waals surface area contributed by atoms with Crippen LogP contribution >= 0.6 is 0 Å². The highest BCUT2D eigenvalue weighted by Gasteiger charge is 2.08. The molecule has 0 fully saturated rings. The van der Waals surface area contributed by atoms with Crippen molar-refractivity contribution in [1.29, 1.82) is 0 Å². The van der Waals surface area contributed by atoms with E-state index in [1.54, 1.807) is 18.2 Å². The number of nitrogens with zero attached hydrogens (tertiary/aromatic N) is 1. The molecule has 15 heavy (non-hydrogen) atoms. The number of carbonyl (C=O) groups excluding carboxylic acids is 1. The Hall–Kier alpha value is -1.62. The summed E-state index contributed by atoms with van der Waals surface area (Å²) in [6, 6.07) is 4.82. The average molecular weight is 210 g/mol. The van der Waals surface area contributed by atoms with Gasteiger partial charge in [-0.1, -0.05) is 6.07 Å². The van der Waals surface area contributed by atoms with Gasteiger partial charge in [0, 0.05) is 12.1 Å². The van der Waals surface area contributed by atoms with Gasteiger partial charge in [0.15, 0.2) is 5.69 Å². The van der Waals surface area contributed by atoms with Crippen LogP contribution in [0.15, 0.2) is 18.2 Å². The molecule has 0 spiro atoms. The monoisotopic (exact) mass is 210 g/mol. The minimum absolute atomic E-state index is 0.0754. The van der Waals surface area contributed by atoms with Crippen LogP contribution in [0, 0.1) is 0 Å². The van der Waals surface area contributed by atoms with Crippen LogP contribution in [0.4, 0.5) is 0 Å². The van der Waals surface area contributed by atoms with Crippen LogP contribution in [0.25, 0.3) is 0 Å². The van der Waals surface area contributed by atoms with Crippen molar-refractivity contribution in [1.82, 2.24) is 4.98 Å². The third-order valence-electron chi connectivity index (χ3n) is 1.61. The second-order valence-electron chi connectivity index (χ2n) is 3.14. The van der Waals surface area contributed by atoms with Crippen LogP contribution in [0.3, 0.4) is 0 Å². The predicted octanol–water partition coefficient (Wildman–Crippen LogP) is 0.594. The third kappa shape index (κ3) is 3.55. The summed E-state index contributed by atoms with van der Waals surface area (Å²) in [5.74, 6) is -0.114. The zero-order valence-corrected chi connectivity index (χ0v) is 8.77. The average Bonchev–Trinajstić information content (AvgIpc) is 2.25. The molecule has 0 aromatic carbocycles. The Labute approximate surface area is 88.2 Å². The lowest BCUT2D eigenvalue weighted by atomic mass is 10.3. The molecule has 2 N–H and O–H groups in total. The molecule has 1 atom stereocenters. The Morgan fingerprint density at radius 3 is 2.93 bits per heavy atom. The van der Waals surface area contributed by atoms with E-state index in [0.717, 1.165) is 0 Å². The molecular formula is C10H14N2O3. The van der Waals surface area contributed by atoms with E-state index in [4.69, 9.17) is 10.5 Å². The smallest absolute Gasteiger partial charge is 0.356 e. The lowest BCUT2D eigenvalue weighted by Gasteiger charge is -2.08. The first kappa shape index (κ1) is 11.5. The van der Waals surface area contributed by atoms with Crippen LogP contribution in [-0.4, -0.2) is 30.7 Å². The molecule has 5 heteroatoms. The molecule has 0 bridgehead atoms. The second-order valence-corrected chi connectivity index (χ2v) is 3.14. The van der Waals surface area contributed by atoms with E-state index in [2.05, 4.69) is 9.72 Å². The third-order valence-corrected chi connectivity index (χ3v) is 1.61. The van der Waals surface area contributed by atoms with Crippen molar-refractivity contribution in [3.8, 4) is 5.88 Å². The van der Waals surface area contributed by atoms with Crippen molar-refractivity contribution >= 4 is 5.97 Å². The Bertz CT molecular complexity index is 339. The van der Waals surface area contributed by atoms with Gasteiger partial charge in [0.1, 0.15) is 6.61 Å². The molecule has 0 unspecified atom stereocenters. The molecule has 1 aromatic heterocycles. The summed E-state index contributed by atoms with van der Waals surface area (Å²) in [4.78, 5) is 15.1. The standard InChI is InChI=1S/C10H14N2O3/c1-7(11)6-15-9-5-3-4-8(12-9)10(13)14-2/h3-5,7H,6,11H2,1-2H3/t7-/m0/s1. The number of aromatic nitrogens is 1. The van der Waals surface area contributed by atoms with Gasteiger partial charge in [0.2, 0.25) is 5.88 Å². The number of nitrogens with two attached hydrogens (primary N) is 1. The van der Waals surface area contributed by atoms with Crippen molar-refractivity contribution < 1.29 is 14.3 Å². The summed E-state index contributed by atoms with van der Waals surface area (Å²) < 4.78 is 9.79. The van der Waals surface area contributed by atoms with Crippen LogP contribution in [-0.2, 0) is 4.74 Å². The first-order chi connectivity index (χ1) is 7.13. The normalized spacial score (nSPS) is 11.9. The molecule has 0 aliphatic carbocycles. The summed E-state index contributed by atoms with van der Waals surface area (Å²) in [6.07, 6.45) is 0. The summed E-state index contributed by atoms with van der Waals surface area (Å²) in [6.45, 7) is 2.18. The molecule has 0 aliphatic rings. The Kier molecular flexibility index (Phi) is 4.05. The van der Waals surface area contributed by atoms with Crippen LogP contribution in [0.2, 0.25) is 0 Å². The van der Waals surface area contributed by atoms with Gasteiger partial charge in [-0.2, -0.15) is 0 Å². The van der Waals surface area contributed by atoms with Gasteiger partial charge in [0.05, 0.1) is 7.11 Å². The zero-order valence-electron chi connectivity index (χ0n) is 8.77. The molecule has 0 amide bonds. The number of esters is 1. The number of carbonyl (C=O) groups is 1. The molecule has 1 heterocycles. The fourth-order valence-electron chi connectivity index (χ4n) is 0.930. The van der Waals surface area contributed by atoms with Crippen molar-refractivity contribution in [3.05, 3.63) is 23.9 Å². The Morgan fingerprint density at radius 1 is 1.60 bits per heavy atom. The fourth-order valence-corrected chi connectivity index (χ4v) is 0.930. The highest BCUT2D eigenvalue weighted by atomic mass is 16.5. The van der Waals surface area contributed by atoms with Gasteiger partial charge in [-0.15, -0.1) is 0 Å². The van der Waals surface area contributed by atoms with Gasteiger partial charge in [-0.25, -0.2) is 9.78 Å². The number of hydrogen-bond acceptors (Lipinski definition) is 5. The van der Waals surface area contributed by atoms with E-state index < -0.39 is 5.97 Å². The maximum Gasteiger partial charge on any atom is 0.356 e. The summed E-state index contributed by atoms with van der Waals surface area (Å²) >= 11 is 0. The Balaban J connectivity index is 2.70. The number of methoxy groups -OCH3 is 1. The molecule has 0 radical (unpaired) electrons. The lowest BCUT2D eigenvalue weighted by Crippen LogP contribution is -2.24. The van der Waals surface area contributed by atoms with Crippen molar-refractivity contribution in [3.63, 3.8) is 0 Å². The lowest BCUT2D eigenvalue weighted by molar-refractivity contribution is 0.0592. The fraction of sp³-hybridized carbons (Fsp3) is 0.400. The first-order valence-corrected chi connectivity index (χ1v) is 4.57. The van der Waals surface area contributed by atoms with E-state index in [0.29, 0.717) is 12.5 Å². The molecule has 82 valence electrons. The molecule has 1 aromatic rings. The number of pyridine rings is 1. The highest BCUT2D eigenvalue weighted by molar-refractivity contribution is 5.87. The number of hydrogen-bond donors (Lipinski definition) is 1. The minimum Gasteiger partial charge on any atom is -0.476 e. The van der Waals surface area contributed by atoms with E-state index in [1.165, 1.54) is 7.11 Å². The SMILES string of the molecule is COC(=O)c1cccc(OC[C@H](C)N)n1. The quantitative estimate of drug-likeness (QED) is 0.736. The summed E-state index contributed by atoms with van der Waals surface area (Å²) in [5.41, 5.74) is 5.74. The largest absolute Gasteiger partial charge is 0.476 e. The van der Waals surface area contributed by atoms with E-state index in [-0.39, 0.29) is 11.7 Å². The van der Waals surface area contributed by atoms with Gasteiger partial charge < -0.3 is 15.2 Å². The van der Waals surface area contributed by atoms with Crippen molar-refractivity contribution in [2.45, 2.75) is 13.0 Å². The number of ether oxygens (including phenoxy) is 2. The van der Waals surface area contributed by atoms with Gasteiger partial charge >= 0.3 is 5.97 Å². The predicted molar refractivity (Wildman–Crippen MR) is 54.7 cm³/mol. The highest BCUT2D eigenvalue weighted by Crippen LogP contribution is 2.08. The van der Waals surface area contributed by atoms with E-state index >= 15 is 0 Å². The number of rotatable bonds is 4. The molecule has 1 rings (SSSR count). The van der Waals surface area contributed by atoms with Gasteiger partial charge in [-0.05, 0) is 13.0 Å². The molecule has 0 saturated heterocycles. The van der Waals surface area contributed by atoms with Gasteiger partial charge in [-0.3, -0.25) is 0 Å². The maximum absolute atomic E-state index is 11.1. The Morgan fingerprint density at radius 2 is 2.33 bits per heavy atom. The molecule has 0 saturated carbocycles. The van der Waals surface area contributed by atoms with Gasteiger partial charge in [0.25, 0.3) is 0 Å². The van der Waals surface area contributed by atoms with Crippen LogP contribution in [0.5, 0.6) is 5.88 Å².